The molecule has 8 nitrogen and oxygen atoms in total. The van der Waals surface area contributed by atoms with Crippen LogP contribution in [0.15, 0.2) is 42.6 Å². The molecule has 0 aliphatic carbocycles. The Hall–Kier alpha value is -4.27. The van der Waals surface area contributed by atoms with Crippen LogP contribution in [-0.4, -0.2) is 27.0 Å². The van der Waals surface area contributed by atoms with E-state index in [4.69, 9.17) is 11.5 Å². The zero-order valence-electron chi connectivity index (χ0n) is 19.3. The van der Waals surface area contributed by atoms with E-state index in [9.17, 15) is 9.59 Å². The first kappa shape index (κ1) is 22.9. The number of carbonyl (C=O) groups excluding carboxylic acids is 2. The van der Waals surface area contributed by atoms with Gasteiger partial charge in [0.05, 0.1) is 28.8 Å². The first-order valence-corrected chi connectivity index (χ1v) is 10.6. The molecule has 0 unspecified atom stereocenters. The molecule has 0 atom stereocenters. The van der Waals surface area contributed by atoms with Crippen molar-refractivity contribution < 1.29 is 14.0 Å². The van der Waals surface area contributed by atoms with Crippen LogP contribution in [0.3, 0.4) is 0 Å². The van der Waals surface area contributed by atoms with Gasteiger partial charge in [-0.3, -0.25) is 14.7 Å². The molecule has 2 aromatic heterocycles. The summed E-state index contributed by atoms with van der Waals surface area (Å²) in [5.74, 6) is -2.16. The number of halogens is 1. The monoisotopic (exact) mass is 460 g/mol. The molecule has 2 amide bonds. The number of rotatable bonds is 4. The number of fused-ring (bicyclic) bond motifs is 1. The maximum absolute atomic E-state index is 15.7. The zero-order valence-corrected chi connectivity index (χ0v) is 19.3. The molecule has 9 heteroatoms. The van der Waals surface area contributed by atoms with Gasteiger partial charge >= 0.3 is 0 Å². The topological polar surface area (TPSA) is 140 Å². The molecular formula is C25H25FN6O2. The number of hydrogen-bond donors (Lipinski definition) is 4. The molecule has 2 heterocycles. The number of anilines is 2. The normalized spacial score (nSPS) is 11.6. The van der Waals surface area contributed by atoms with Crippen molar-refractivity contribution in [1.82, 2.24) is 15.2 Å². The number of H-pyrrole nitrogens is 1. The zero-order chi connectivity index (χ0) is 24.8. The molecule has 0 aliphatic heterocycles. The number of amides is 2. The van der Waals surface area contributed by atoms with Gasteiger partial charge in [-0.05, 0) is 24.6 Å². The van der Waals surface area contributed by atoms with Crippen molar-refractivity contribution in [3.63, 3.8) is 0 Å². The lowest BCUT2D eigenvalue weighted by Crippen LogP contribution is -2.28. The van der Waals surface area contributed by atoms with Crippen molar-refractivity contribution in [3.8, 4) is 22.5 Å². The minimum absolute atomic E-state index is 0.0838. The lowest BCUT2D eigenvalue weighted by molar-refractivity contribution is -0.123. The summed E-state index contributed by atoms with van der Waals surface area (Å²) in [7, 11) is 0. The molecule has 0 aliphatic rings. The SMILES string of the molecule is Cc1ccc2[nH]ncc2c1-c1nc(-c2ccccc2NC(=O)C(C)(C)C)c(N)c(C(N)=O)c1F. The van der Waals surface area contributed by atoms with Crippen molar-refractivity contribution in [2.75, 3.05) is 11.1 Å². The summed E-state index contributed by atoms with van der Waals surface area (Å²) in [6.45, 7) is 7.16. The number of hydrogen-bond acceptors (Lipinski definition) is 5. The number of nitrogens with two attached hydrogens (primary N) is 2. The second kappa shape index (κ2) is 8.26. The van der Waals surface area contributed by atoms with Crippen LogP contribution >= 0.6 is 0 Å². The smallest absolute Gasteiger partial charge is 0.253 e. The van der Waals surface area contributed by atoms with Crippen LogP contribution in [0.25, 0.3) is 33.4 Å². The summed E-state index contributed by atoms with van der Waals surface area (Å²) in [5.41, 5.74) is 13.2. The van der Waals surface area contributed by atoms with Crippen LogP contribution in [-0.2, 0) is 4.79 Å². The Kier molecular flexibility index (Phi) is 5.56. The lowest BCUT2D eigenvalue weighted by Gasteiger charge is -2.21. The number of para-hydroxylation sites is 1. The van der Waals surface area contributed by atoms with Gasteiger partial charge in [0.1, 0.15) is 11.3 Å². The van der Waals surface area contributed by atoms with Gasteiger partial charge in [-0.1, -0.05) is 45.0 Å². The number of pyridine rings is 1. The number of aromatic nitrogens is 3. The summed E-state index contributed by atoms with van der Waals surface area (Å²) in [6.07, 6.45) is 1.57. The third-order valence-electron chi connectivity index (χ3n) is 5.60. The largest absolute Gasteiger partial charge is 0.396 e. The minimum atomic E-state index is -1.02. The van der Waals surface area contributed by atoms with E-state index in [1.807, 2.05) is 6.07 Å². The van der Waals surface area contributed by atoms with E-state index >= 15 is 4.39 Å². The average molecular weight is 461 g/mol. The Bertz CT molecular complexity index is 1450. The van der Waals surface area contributed by atoms with Gasteiger partial charge in [-0.25, -0.2) is 9.37 Å². The van der Waals surface area contributed by atoms with E-state index in [1.165, 1.54) is 0 Å². The van der Waals surface area contributed by atoms with E-state index in [0.29, 0.717) is 27.7 Å². The Balaban J connectivity index is 2.03. The molecule has 4 rings (SSSR count). The Morgan fingerprint density at radius 1 is 1.09 bits per heavy atom. The number of benzene rings is 2. The number of primary amides is 1. The summed E-state index contributed by atoms with van der Waals surface area (Å²) in [6, 6.07) is 10.5. The summed E-state index contributed by atoms with van der Waals surface area (Å²) in [5, 5.41) is 10.4. The van der Waals surface area contributed by atoms with E-state index in [1.54, 1.807) is 64.2 Å². The molecule has 0 spiro atoms. The van der Waals surface area contributed by atoms with Gasteiger partial charge < -0.3 is 16.8 Å². The first-order valence-electron chi connectivity index (χ1n) is 10.6. The van der Waals surface area contributed by atoms with Crippen LogP contribution in [0.1, 0.15) is 36.7 Å². The quantitative estimate of drug-likeness (QED) is 0.357. The molecule has 174 valence electrons. The third-order valence-corrected chi connectivity index (χ3v) is 5.60. The molecule has 6 N–H and O–H groups in total. The van der Waals surface area contributed by atoms with E-state index < -0.39 is 22.7 Å². The van der Waals surface area contributed by atoms with Gasteiger partial charge in [0.2, 0.25) is 5.91 Å². The summed E-state index contributed by atoms with van der Waals surface area (Å²) >= 11 is 0. The van der Waals surface area contributed by atoms with E-state index in [0.717, 1.165) is 5.56 Å². The molecule has 0 fully saturated rings. The first-order chi connectivity index (χ1) is 16.0. The van der Waals surface area contributed by atoms with Crippen molar-refractivity contribution in [1.29, 1.82) is 0 Å². The van der Waals surface area contributed by atoms with Crippen molar-refractivity contribution in [2.45, 2.75) is 27.7 Å². The Morgan fingerprint density at radius 2 is 1.79 bits per heavy atom. The van der Waals surface area contributed by atoms with Crippen LogP contribution in [0.4, 0.5) is 15.8 Å². The van der Waals surface area contributed by atoms with Gasteiger partial charge in [0, 0.05) is 21.9 Å². The predicted octanol–water partition coefficient (Wildman–Crippen LogP) is 4.41. The third kappa shape index (κ3) is 3.85. The molecule has 0 bridgehead atoms. The molecule has 0 saturated heterocycles. The van der Waals surface area contributed by atoms with Crippen LogP contribution in [0.5, 0.6) is 0 Å². The molecule has 4 aromatic rings. The predicted molar refractivity (Wildman–Crippen MR) is 130 cm³/mol. The maximum Gasteiger partial charge on any atom is 0.253 e. The Morgan fingerprint density at radius 3 is 2.47 bits per heavy atom. The maximum atomic E-state index is 15.7. The number of nitrogens with zero attached hydrogens (tertiary/aromatic N) is 2. The fourth-order valence-electron chi connectivity index (χ4n) is 3.74. The highest BCUT2D eigenvalue weighted by molar-refractivity contribution is 6.06. The fourth-order valence-corrected chi connectivity index (χ4v) is 3.74. The number of nitrogens with one attached hydrogen (secondary N) is 2. The second-order valence-electron chi connectivity index (χ2n) is 9.11. The number of aryl methyl sites for hydroxylation is 1. The van der Waals surface area contributed by atoms with Gasteiger partial charge in [0.15, 0.2) is 5.82 Å². The summed E-state index contributed by atoms with van der Waals surface area (Å²) < 4.78 is 15.7. The molecule has 0 saturated carbocycles. The van der Waals surface area contributed by atoms with Crippen LogP contribution in [0.2, 0.25) is 0 Å². The molecule has 0 radical (unpaired) electrons. The number of carbonyl (C=O) groups is 2. The fraction of sp³-hybridized carbons (Fsp3) is 0.200. The highest BCUT2D eigenvalue weighted by Gasteiger charge is 2.28. The second-order valence-corrected chi connectivity index (χ2v) is 9.11. The molecule has 34 heavy (non-hydrogen) atoms. The van der Waals surface area contributed by atoms with Crippen LogP contribution in [0, 0.1) is 18.2 Å². The van der Waals surface area contributed by atoms with E-state index in [-0.39, 0.29) is 23.0 Å². The van der Waals surface area contributed by atoms with Crippen molar-refractivity contribution in [3.05, 3.63) is 59.5 Å². The summed E-state index contributed by atoms with van der Waals surface area (Å²) in [4.78, 5) is 29.5. The average Bonchev–Trinajstić information content (AvgIpc) is 3.23. The Labute approximate surface area is 195 Å². The standard InChI is InChI=1S/C25H25FN6O2/c1-12-9-10-16-14(11-29-32-16)17(12)22-19(26)18(23(28)33)20(27)21(31-22)13-7-5-6-8-15(13)30-24(34)25(2,3)4/h5-11H,27H2,1-4H3,(H2,28,33)(H,29,32)(H,30,34). The highest BCUT2D eigenvalue weighted by atomic mass is 19.1. The molecule has 2 aromatic carbocycles. The number of nitrogen functional groups attached to an aromatic ring is 1. The van der Waals surface area contributed by atoms with E-state index in [2.05, 4.69) is 20.5 Å². The van der Waals surface area contributed by atoms with Gasteiger partial charge in [-0.15, -0.1) is 0 Å². The number of aromatic amines is 1. The highest BCUT2D eigenvalue weighted by Crippen LogP contribution is 2.40. The van der Waals surface area contributed by atoms with Crippen molar-refractivity contribution in [2.24, 2.45) is 11.1 Å². The van der Waals surface area contributed by atoms with Gasteiger partial charge in [0.25, 0.3) is 5.91 Å². The lowest BCUT2D eigenvalue weighted by atomic mass is 9.94. The molecular weight excluding hydrogens is 435 g/mol. The van der Waals surface area contributed by atoms with Crippen LogP contribution < -0.4 is 16.8 Å². The van der Waals surface area contributed by atoms with Crippen molar-refractivity contribution >= 4 is 34.1 Å². The minimum Gasteiger partial charge on any atom is -0.396 e. The van der Waals surface area contributed by atoms with Gasteiger partial charge in [-0.2, -0.15) is 5.10 Å².